The van der Waals surface area contributed by atoms with Crippen LogP contribution in [0, 0.1) is 0 Å². The molecule has 0 radical (unpaired) electrons. The molecule has 0 spiro atoms. The molecular weight excluding hydrogens is 474 g/mol. The minimum atomic E-state index is -0.329. The Morgan fingerprint density at radius 3 is 2.29 bits per heavy atom. The van der Waals surface area contributed by atoms with E-state index in [1.54, 1.807) is 6.07 Å². The van der Waals surface area contributed by atoms with Gasteiger partial charge in [0.25, 0.3) is 17.7 Å². The summed E-state index contributed by atoms with van der Waals surface area (Å²) in [5.41, 5.74) is 3.31. The summed E-state index contributed by atoms with van der Waals surface area (Å²) in [6, 6.07) is 20.9. The van der Waals surface area contributed by atoms with Crippen LogP contribution >= 0.6 is 0 Å². The SMILES string of the molecule is CCCCCc1ccc(C(=O)Nc2cccc3cc4cccc5c4c(c23)C(=O)N(CCN(C)C)C5=O)cc1. The van der Waals surface area contributed by atoms with Gasteiger partial charge in [0.2, 0.25) is 0 Å². The first-order chi connectivity index (χ1) is 18.4. The van der Waals surface area contributed by atoms with Gasteiger partial charge in [-0.05, 0) is 73.6 Å². The number of unbranched alkanes of at least 4 members (excludes halogenated alkanes) is 2. The maximum absolute atomic E-state index is 13.9. The predicted octanol–water partition coefficient (Wildman–Crippen LogP) is 6.14. The second-order valence-electron chi connectivity index (χ2n) is 10.2. The maximum atomic E-state index is 13.9. The Morgan fingerprint density at radius 2 is 1.58 bits per heavy atom. The van der Waals surface area contributed by atoms with E-state index < -0.39 is 0 Å². The molecule has 0 saturated carbocycles. The van der Waals surface area contributed by atoms with E-state index in [-0.39, 0.29) is 24.3 Å². The average molecular weight is 508 g/mol. The Morgan fingerprint density at radius 1 is 0.868 bits per heavy atom. The van der Waals surface area contributed by atoms with Crippen LogP contribution in [0.25, 0.3) is 21.5 Å². The first-order valence-corrected chi connectivity index (χ1v) is 13.3. The molecule has 0 bridgehead atoms. The highest BCUT2D eigenvalue weighted by atomic mass is 16.2. The third kappa shape index (κ3) is 4.79. The molecule has 1 heterocycles. The zero-order valence-electron chi connectivity index (χ0n) is 22.2. The predicted molar refractivity (Wildman–Crippen MR) is 153 cm³/mol. The minimum absolute atomic E-state index is 0.234. The van der Waals surface area contributed by atoms with Crippen LogP contribution in [0.15, 0.2) is 66.7 Å². The number of imide groups is 1. The number of amides is 3. The standard InChI is InChI=1S/C32H33N3O3/c1-4-5-6-9-21-14-16-22(17-15-21)30(36)33-26-13-8-11-24-20-23-10-7-12-25-27(23)29(28(24)26)32(38)35(31(25)37)19-18-34(2)3/h7-8,10-17,20H,4-6,9,18-19H2,1-3H3,(H,33,36). The van der Waals surface area contributed by atoms with Crippen LogP contribution in [0.1, 0.15) is 62.8 Å². The zero-order chi connectivity index (χ0) is 26.8. The molecule has 6 nitrogen and oxygen atoms in total. The summed E-state index contributed by atoms with van der Waals surface area (Å²) in [6.07, 6.45) is 4.51. The molecule has 0 fully saturated rings. The van der Waals surface area contributed by atoms with Crippen LogP contribution < -0.4 is 5.32 Å². The van der Waals surface area contributed by atoms with Gasteiger partial charge in [-0.15, -0.1) is 0 Å². The first-order valence-electron chi connectivity index (χ1n) is 13.3. The number of nitrogens with zero attached hydrogens (tertiary/aromatic N) is 2. The van der Waals surface area contributed by atoms with Crippen molar-refractivity contribution in [2.24, 2.45) is 0 Å². The number of benzene rings is 4. The molecule has 0 aliphatic carbocycles. The van der Waals surface area contributed by atoms with Crippen molar-refractivity contribution < 1.29 is 14.4 Å². The van der Waals surface area contributed by atoms with Gasteiger partial charge in [-0.25, -0.2) is 0 Å². The van der Waals surface area contributed by atoms with E-state index in [0.717, 1.165) is 23.6 Å². The highest BCUT2D eigenvalue weighted by Gasteiger charge is 2.34. The smallest absolute Gasteiger partial charge is 0.262 e. The van der Waals surface area contributed by atoms with Crippen LogP contribution in [-0.4, -0.2) is 54.7 Å². The fourth-order valence-electron chi connectivity index (χ4n) is 5.20. The fourth-order valence-corrected chi connectivity index (χ4v) is 5.20. The fraction of sp³-hybridized carbons (Fsp3) is 0.281. The van der Waals surface area contributed by atoms with Gasteiger partial charge in [-0.2, -0.15) is 0 Å². The zero-order valence-corrected chi connectivity index (χ0v) is 22.2. The Bertz CT molecular complexity index is 1540. The molecule has 0 saturated heterocycles. The summed E-state index contributed by atoms with van der Waals surface area (Å²) in [4.78, 5) is 43.8. The van der Waals surface area contributed by atoms with E-state index in [1.807, 2.05) is 79.7 Å². The third-order valence-corrected chi connectivity index (χ3v) is 7.24. The number of anilines is 1. The molecule has 6 heteroatoms. The lowest BCUT2D eigenvalue weighted by Crippen LogP contribution is -2.43. The molecular formula is C32H33N3O3. The number of carbonyl (C=O) groups excluding carboxylic acids is 3. The molecule has 194 valence electrons. The lowest BCUT2D eigenvalue weighted by molar-refractivity contribution is 0.0602. The van der Waals surface area contributed by atoms with Crippen LogP contribution in [0.2, 0.25) is 0 Å². The lowest BCUT2D eigenvalue weighted by Gasteiger charge is -2.29. The number of fused-ring (bicyclic) bond motifs is 2. The molecule has 38 heavy (non-hydrogen) atoms. The molecule has 0 atom stereocenters. The second-order valence-corrected chi connectivity index (χ2v) is 10.2. The molecule has 5 rings (SSSR count). The number of likely N-dealkylation sites (N-methyl/N-ethyl adjacent to an activating group) is 1. The summed E-state index contributed by atoms with van der Waals surface area (Å²) in [5, 5.41) is 6.03. The van der Waals surface area contributed by atoms with Gasteiger partial charge < -0.3 is 10.2 Å². The molecule has 0 aromatic heterocycles. The van der Waals surface area contributed by atoms with Gasteiger partial charge >= 0.3 is 0 Å². The summed E-state index contributed by atoms with van der Waals surface area (Å²) in [7, 11) is 3.82. The highest BCUT2D eigenvalue weighted by Crippen LogP contribution is 2.39. The van der Waals surface area contributed by atoms with Gasteiger partial charge in [0, 0.05) is 40.7 Å². The van der Waals surface area contributed by atoms with Crippen LogP contribution in [-0.2, 0) is 6.42 Å². The Labute approximate surface area is 223 Å². The van der Waals surface area contributed by atoms with Crippen molar-refractivity contribution in [1.29, 1.82) is 0 Å². The Hall–Kier alpha value is -4.03. The molecule has 1 aliphatic rings. The summed E-state index contributed by atoms with van der Waals surface area (Å²) < 4.78 is 0. The highest BCUT2D eigenvalue weighted by molar-refractivity contribution is 6.32. The van der Waals surface area contributed by atoms with Crippen LogP contribution in [0.4, 0.5) is 5.69 Å². The maximum Gasteiger partial charge on any atom is 0.262 e. The molecule has 0 unspecified atom stereocenters. The van der Waals surface area contributed by atoms with Gasteiger partial charge in [0.1, 0.15) is 0 Å². The monoisotopic (exact) mass is 507 g/mol. The summed E-state index contributed by atoms with van der Waals surface area (Å²) in [5.74, 6) is -0.846. The van der Waals surface area contributed by atoms with E-state index in [0.29, 0.717) is 39.7 Å². The van der Waals surface area contributed by atoms with Crippen LogP contribution in [0.3, 0.4) is 0 Å². The van der Waals surface area contributed by atoms with Crippen molar-refractivity contribution in [2.45, 2.75) is 32.6 Å². The van der Waals surface area contributed by atoms with Crippen molar-refractivity contribution in [3.05, 3.63) is 89.0 Å². The second kappa shape index (κ2) is 10.8. The van der Waals surface area contributed by atoms with Crippen molar-refractivity contribution in [3.8, 4) is 0 Å². The third-order valence-electron chi connectivity index (χ3n) is 7.24. The topological polar surface area (TPSA) is 69.7 Å². The van der Waals surface area contributed by atoms with Crippen molar-refractivity contribution in [2.75, 3.05) is 32.5 Å². The van der Waals surface area contributed by atoms with Gasteiger partial charge in [-0.3, -0.25) is 19.3 Å². The van der Waals surface area contributed by atoms with Crippen molar-refractivity contribution >= 4 is 45.0 Å². The number of aryl methyl sites for hydroxylation is 1. The number of hydrogen-bond donors (Lipinski definition) is 1. The number of carbonyl (C=O) groups is 3. The number of hydrogen-bond acceptors (Lipinski definition) is 4. The number of nitrogens with one attached hydrogen (secondary N) is 1. The Balaban J connectivity index is 1.56. The van der Waals surface area contributed by atoms with E-state index in [1.165, 1.54) is 23.3 Å². The molecule has 3 amide bonds. The van der Waals surface area contributed by atoms with E-state index in [2.05, 4.69) is 12.2 Å². The quantitative estimate of drug-likeness (QED) is 0.168. The minimum Gasteiger partial charge on any atom is -0.321 e. The summed E-state index contributed by atoms with van der Waals surface area (Å²) in [6.45, 7) is 3.03. The van der Waals surface area contributed by atoms with Gasteiger partial charge in [0.15, 0.2) is 0 Å². The van der Waals surface area contributed by atoms with E-state index in [4.69, 9.17) is 0 Å². The molecule has 4 aromatic carbocycles. The average Bonchev–Trinajstić information content (AvgIpc) is 2.91. The van der Waals surface area contributed by atoms with Crippen molar-refractivity contribution in [3.63, 3.8) is 0 Å². The van der Waals surface area contributed by atoms with Crippen LogP contribution in [0.5, 0.6) is 0 Å². The molecule has 1 aliphatic heterocycles. The van der Waals surface area contributed by atoms with Crippen molar-refractivity contribution in [1.82, 2.24) is 9.80 Å². The van der Waals surface area contributed by atoms with Gasteiger partial charge in [0.05, 0.1) is 5.56 Å². The molecule has 1 N–H and O–H groups in total. The number of rotatable bonds is 9. The van der Waals surface area contributed by atoms with Gasteiger partial charge in [-0.1, -0.05) is 56.2 Å². The molecule has 4 aromatic rings. The van der Waals surface area contributed by atoms with E-state index >= 15 is 0 Å². The lowest BCUT2D eigenvalue weighted by atomic mass is 9.89. The first kappa shape index (κ1) is 25.6. The summed E-state index contributed by atoms with van der Waals surface area (Å²) >= 11 is 0. The van der Waals surface area contributed by atoms with E-state index in [9.17, 15) is 14.4 Å². The normalized spacial score (nSPS) is 13.1. The largest absolute Gasteiger partial charge is 0.321 e. The Kier molecular flexibility index (Phi) is 7.25.